The van der Waals surface area contributed by atoms with Crippen molar-refractivity contribution in [3.05, 3.63) is 171 Å². The van der Waals surface area contributed by atoms with Crippen LogP contribution >= 0.6 is 11.6 Å². The highest BCUT2D eigenvalue weighted by Crippen LogP contribution is 2.50. The van der Waals surface area contributed by atoms with Crippen LogP contribution < -0.4 is 24.6 Å². The van der Waals surface area contributed by atoms with Crippen molar-refractivity contribution >= 4 is 57.7 Å². The number of halogens is 1. The molecule has 3 heterocycles. The summed E-state index contributed by atoms with van der Waals surface area (Å²) in [6.45, 7) is 4.24. The molecule has 57 heavy (non-hydrogen) atoms. The number of nitrogens with zero attached hydrogens (tertiary/aromatic N) is 2. The lowest BCUT2D eigenvalue weighted by atomic mass is 9.76. The van der Waals surface area contributed by atoms with Crippen molar-refractivity contribution < 1.29 is 23.9 Å². The van der Waals surface area contributed by atoms with Crippen LogP contribution in [0.5, 0.6) is 11.5 Å². The zero-order valence-electron chi connectivity index (χ0n) is 31.4. The maximum absolute atomic E-state index is 14.5. The molecule has 2 atom stereocenters. The molecule has 3 aliphatic rings. The lowest BCUT2D eigenvalue weighted by Crippen LogP contribution is -2.54. The van der Waals surface area contributed by atoms with E-state index in [1.54, 1.807) is 12.1 Å². The Morgan fingerprint density at radius 1 is 0.754 bits per heavy atom. The van der Waals surface area contributed by atoms with E-state index < -0.39 is 17.8 Å². The van der Waals surface area contributed by atoms with Crippen LogP contribution in [0.25, 0.3) is 16.8 Å². The highest BCUT2D eigenvalue weighted by Gasteiger charge is 2.40. The molecule has 4 amide bonds. The number of benzene rings is 6. The smallest absolute Gasteiger partial charge is 0.335 e. The van der Waals surface area contributed by atoms with E-state index in [1.807, 2.05) is 85.8 Å². The average molecular weight is 774 g/mol. The molecule has 1 fully saturated rings. The van der Waals surface area contributed by atoms with Crippen LogP contribution in [0, 0.1) is 0 Å². The Bertz CT molecular complexity index is 2500. The van der Waals surface area contributed by atoms with Crippen LogP contribution in [0.1, 0.15) is 65.0 Å². The zero-order valence-corrected chi connectivity index (χ0v) is 32.2. The minimum absolute atomic E-state index is 0.0609. The van der Waals surface area contributed by atoms with E-state index in [9.17, 15) is 14.4 Å². The Morgan fingerprint density at radius 2 is 1.39 bits per heavy atom. The van der Waals surface area contributed by atoms with E-state index in [-0.39, 0.29) is 29.0 Å². The summed E-state index contributed by atoms with van der Waals surface area (Å²) in [4.78, 5) is 45.3. The van der Waals surface area contributed by atoms with Gasteiger partial charge in [0.05, 0.1) is 17.3 Å². The second-order valence-electron chi connectivity index (χ2n) is 14.6. The number of fused-ring (bicyclic) bond motifs is 1. The third kappa shape index (κ3) is 6.80. The second kappa shape index (κ2) is 15.3. The van der Waals surface area contributed by atoms with E-state index in [2.05, 4.69) is 46.6 Å². The number of rotatable bonds is 9. The molecule has 0 radical (unpaired) electrons. The fraction of sp³-hybridized carbons (Fsp3) is 0.188. The number of carbonyl (C=O) groups is 3. The van der Waals surface area contributed by atoms with Gasteiger partial charge in [0.1, 0.15) is 12.2 Å². The number of amides is 4. The van der Waals surface area contributed by atoms with E-state index in [1.165, 1.54) is 17.2 Å². The monoisotopic (exact) mass is 773 g/mol. The van der Waals surface area contributed by atoms with Crippen molar-refractivity contribution in [2.75, 3.05) is 29.5 Å². The summed E-state index contributed by atoms with van der Waals surface area (Å²) in [5, 5.41) is 4.86. The Balaban J connectivity index is 1.09. The van der Waals surface area contributed by atoms with Crippen LogP contribution in [0.15, 0.2) is 133 Å². The molecule has 6 aromatic carbocycles. The number of anilines is 2. The Morgan fingerprint density at radius 3 is 2.05 bits per heavy atom. The fourth-order valence-corrected chi connectivity index (χ4v) is 8.94. The summed E-state index contributed by atoms with van der Waals surface area (Å²) in [7, 11) is 0. The Labute approximate surface area is 336 Å². The topological polar surface area (TPSA) is 88.2 Å². The quantitative estimate of drug-likeness (QED) is 0.116. The van der Waals surface area contributed by atoms with Crippen molar-refractivity contribution in [1.29, 1.82) is 0 Å². The number of hydrogen-bond donors (Lipinski definition) is 1. The van der Waals surface area contributed by atoms with Crippen molar-refractivity contribution in [3.8, 4) is 11.5 Å². The zero-order chi connectivity index (χ0) is 39.0. The van der Waals surface area contributed by atoms with Gasteiger partial charge in [0, 0.05) is 30.6 Å². The third-order valence-corrected chi connectivity index (χ3v) is 11.5. The first-order valence-corrected chi connectivity index (χ1v) is 19.8. The molecule has 9 heteroatoms. The van der Waals surface area contributed by atoms with Crippen molar-refractivity contribution in [1.82, 2.24) is 5.32 Å². The summed E-state index contributed by atoms with van der Waals surface area (Å²) >= 11 is 6.85. The molecule has 0 spiro atoms. The minimum Gasteiger partial charge on any atom is -0.490 e. The first-order valence-electron chi connectivity index (χ1n) is 19.4. The Hall–Kier alpha value is -6.38. The molecule has 6 aromatic rings. The molecular weight excluding hydrogens is 734 g/mol. The van der Waals surface area contributed by atoms with Gasteiger partial charge in [-0.15, -0.1) is 0 Å². The van der Waals surface area contributed by atoms with Gasteiger partial charge in [-0.2, -0.15) is 0 Å². The van der Waals surface area contributed by atoms with Crippen molar-refractivity contribution in [3.63, 3.8) is 0 Å². The molecule has 0 unspecified atom stereocenters. The molecule has 1 saturated heterocycles. The molecule has 0 bridgehead atoms. The first-order chi connectivity index (χ1) is 27.9. The van der Waals surface area contributed by atoms with E-state index >= 15 is 0 Å². The largest absolute Gasteiger partial charge is 0.490 e. The summed E-state index contributed by atoms with van der Waals surface area (Å²) in [6.07, 6.45) is 3.23. The number of urea groups is 1. The molecular formula is C48H40ClN3O5. The van der Waals surface area contributed by atoms with E-state index in [0.717, 1.165) is 64.0 Å². The molecule has 0 saturated carbocycles. The number of carbonyl (C=O) groups excluding carboxylic acids is 3. The summed E-state index contributed by atoms with van der Waals surface area (Å²) in [5.41, 5.74) is 7.29. The lowest BCUT2D eigenvalue weighted by molar-refractivity contribution is -0.122. The lowest BCUT2D eigenvalue weighted by Gasteiger charge is -2.44. The van der Waals surface area contributed by atoms with Gasteiger partial charge in [-0.1, -0.05) is 115 Å². The van der Waals surface area contributed by atoms with Gasteiger partial charge < -0.3 is 14.4 Å². The molecule has 1 N–H and O–H groups in total. The van der Waals surface area contributed by atoms with Crippen LogP contribution in [-0.4, -0.2) is 37.5 Å². The molecule has 9 rings (SSSR count). The summed E-state index contributed by atoms with van der Waals surface area (Å²) in [6, 6.07) is 41.3. The standard InChI is InChI=1S/C48H40ClN3O5/c1-2-56-43-26-30(25-42(49)45(43)57-29-34-18-11-17-31-16-9-10-19-36(31)34)24-41-46(53)50-48(55)52(47(41)54)35-27-39-37(32-12-5-3-6-13-32)20-22-51-23-21-38(40(28-35)44(39)51)33-14-7-4-8-15-33/h3-19,24-28,37-38H,2,20-23,29H2,1H3,(H,50,53,55)/b41-24+/t37-,38-/m0/s1. The van der Waals surface area contributed by atoms with Crippen molar-refractivity contribution in [2.45, 2.75) is 38.2 Å². The molecule has 284 valence electrons. The van der Waals surface area contributed by atoms with Crippen molar-refractivity contribution in [2.24, 2.45) is 0 Å². The van der Waals surface area contributed by atoms with Gasteiger partial charge in [-0.3, -0.25) is 14.9 Å². The maximum Gasteiger partial charge on any atom is 0.335 e. The second-order valence-corrected chi connectivity index (χ2v) is 15.0. The van der Waals surface area contributed by atoms with E-state index in [0.29, 0.717) is 29.4 Å². The normalized spacial score (nSPS) is 18.4. The van der Waals surface area contributed by atoms with Crippen LogP contribution in [-0.2, 0) is 16.2 Å². The number of barbiturate groups is 1. The minimum atomic E-state index is -0.796. The number of imide groups is 2. The summed E-state index contributed by atoms with van der Waals surface area (Å²) in [5.74, 6) is -0.677. The first kappa shape index (κ1) is 36.3. The molecule has 0 aromatic heterocycles. The predicted octanol–water partition coefficient (Wildman–Crippen LogP) is 10.0. The fourth-order valence-electron chi connectivity index (χ4n) is 8.67. The Kier molecular flexibility index (Phi) is 9.72. The summed E-state index contributed by atoms with van der Waals surface area (Å²) < 4.78 is 12.2. The third-order valence-electron chi connectivity index (χ3n) is 11.3. The average Bonchev–Trinajstić information content (AvgIpc) is 3.23. The highest BCUT2D eigenvalue weighted by molar-refractivity contribution is 6.39. The predicted molar refractivity (Wildman–Crippen MR) is 224 cm³/mol. The number of nitrogens with one attached hydrogen (secondary N) is 1. The maximum atomic E-state index is 14.5. The molecule has 3 aliphatic heterocycles. The van der Waals surface area contributed by atoms with Crippen LogP contribution in [0.4, 0.5) is 16.2 Å². The van der Waals surface area contributed by atoms with E-state index in [4.69, 9.17) is 21.1 Å². The van der Waals surface area contributed by atoms with Crippen LogP contribution in [0.3, 0.4) is 0 Å². The van der Waals surface area contributed by atoms with Crippen LogP contribution in [0.2, 0.25) is 5.02 Å². The van der Waals surface area contributed by atoms with Gasteiger partial charge in [-0.25, -0.2) is 9.69 Å². The number of hydrogen-bond acceptors (Lipinski definition) is 6. The van der Waals surface area contributed by atoms with Gasteiger partial charge >= 0.3 is 6.03 Å². The van der Waals surface area contributed by atoms with Gasteiger partial charge in [0.15, 0.2) is 11.5 Å². The molecule has 8 nitrogen and oxygen atoms in total. The SMILES string of the molecule is CCOc1cc(/C=C2\C(=O)NC(=O)N(c3cc4c5c(c3)[C@H](c3ccccc3)CCN5CC[C@H]4c3ccccc3)C2=O)cc(Cl)c1OCc1cccc2ccccc12. The molecule has 0 aliphatic carbocycles. The van der Waals surface area contributed by atoms with Gasteiger partial charge in [0.2, 0.25) is 0 Å². The van der Waals surface area contributed by atoms with Gasteiger partial charge in [-0.05, 0) is 94.3 Å². The van der Waals surface area contributed by atoms with Gasteiger partial charge in [0.25, 0.3) is 11.8 Å². The highest BCUT2D eigenvalue weighted by atomic mass is 35.5. The number of ether oxygens (including phenoxy) is 2.